The average Bonchev–Trinajstić information content (AvgIpc) is 2.75. The van der Waals surface area contributed by atoms with Gasteiger partial charge in [-0.1, -0.05) is 15.9 Å². The first-order valence-electron chi connectivity index (χ1n) is 5.63. The number of carbonyl (C=O) groups excluding carboxylic acids is 1. The number of carbonyl (C=O) groups is 2. The molecule has 2 fully saturated rings. The van der Waals surface area contributed by atoms with Crippen molar-refractivity contribution in [2.75, 3.05) is 0 Å². The molecule has 1 amide bonds. The lowest BCUT2D eigenvalue weighted by atomic mass is 9.83. The minimum atomic E-state index is -0.983. The Morgan fingerprint density at radius 2 is 2.25 bits per heavy atom. The SMILES string of the molecule is C[C@@H](NC(=O)C12CCC(CC1Br)C2)C(=O)O. The predicted octanol–water partition coefficient (Wildman–Crippen LogP) is 1.53. The fraction of sp³-hybridized carbons (Fsp3) is 0.818. The predicted molar refractivity (Wildman–Crippen MR) is 62.3 cm³/mol. The summed E-state index contributed by atoms with van der Waals surface area (Å²) in [7, 11) is 0. The average molecular weight is 290 g/mol. The van der Waals surface area contributed by atoms with Crippen molar-refractivity contribution in [2.45, 2.75) is 43.5 Å². The first-order valence-corrected chi connectivity index (χ1v) is 6.55. The highest BCUT2D eigenvalue weighted by atomic mass is 79.9. The van der Waals surface area contributed by atoms with Crippen LogP contribution in [0.2, 0.25) is 0 Å². The third-order valence-corrected chi connectivity index (χ3v) is 5.21. The molecule has 16 heavy (non-hydrogen) atoms. The van der Waals surface area contributed by atoms with E-state index in [2.05, 4.69) is 21.2 Å². The van der Waals surface area contributed by atoms with Crippen molar-refractivity contribution in [3.05, 3.63) is 0 Å². The summed E-state index contributed by atoms with van der Waals surface area (Å²) >= 11 is 3.57. The van der Waals surface area contributed by atoms with Crippen LogP contribution in [0, 0.1) is 11.3 Å². The van der Waals surface area contributed by atoms with E-state index in [-0.39, 0.29) is 16.1 Å². The molecule has 2 aliphatic rings. The van der Waals surface area contributed by atoms with E-state index < -0.39 is 12.0 Å². The lowest BCUT2D eigenvalue weighted by Crippen LogP contribution is -2.48. The summed E-state index contributed by atoms with van der Waals surface area (Å²) in [5.41, 5.74) is -0.353. The first-order chi connectivity index (χ1) is 7.45. The molecule has 2 bridgehead atoms. The zero-order chi connectivity index (χ0) is 11.9. The third kappa shape index (κ3) is 1.75. The molecular formula is C11H16BrNO3. The van der Waals surface area contributed by atoms with Gasteiger partial charge in [0.1, 0.15) is 6.04 Å². The molecular weight excluding hydrogens is 274 g/mol. The number of fused-ring (bicyclic) bond motifs is 2. The van der Waals surface area contributed by atoms with Gasteiger partial charge in [-0.25, -0.2) is 0 Å². The van der Waals surface area contributed by atoms with Crippen LogP contribution >= 0.6 is 15.9 Å². The second-order valence-corrected chi connectivity index (χ2v) is 6.11. The maximum absolute atomic E-state index is 12.1. The number of aliphatic carboxylic acids is 1. The van der Waals surface area contributed by atoms with E-state index in [4.69, 9.17) is 5.11 Å². The molecule has 2 N–H and O–H groups in total. The van der Waals surface area contributed by atoms with E-state index in [9.17, 15) is 9.59 Å². The number of rotatable bonds is 3. The summed E-state index contributed by atoms with van der Waals surface area (Å²) < 4.78 is 0. The van der Waals surface area contributed by atoms with Crippen LogP contribution in [-0.4, -0.2) is 27.9 Å². The molecule has 0 heterocycles. The second kappa shape index (κ2) is 4.02. The summed E-state index contributed by atoms with van der Waals surface area (Å²) in [6.45, 7) is 1.50. The largest absolute Gasteiger partial charge is 0.480 e. The van der Waals surface area contributed by atoms with Crippen molar-refractivity contribution in [2.24, 2.45) is 11.3 Å². The highest BCUT2D eigenvalue weighted by Crippen LogP contribution is 2.57. The molecule has 0 radical (unpaired) electrons. The van der Waals surface area contributed by atoms with Crippen molar-refractivity contribution < 1.29 is 14.7 Å². The second-order valence-electron chi connectivity index (χ2n) is 5.00. The molecule has 90 valence electrons. The molecule has 3 unspecified atom stereocenters. The molecule has 2 rings (SSSR count). The Labute approximate surface area is 103 Å². The van der Waals surface area contributed by atoms with Gasteiger partial charge in [0.15, 0.2) is 0 Å². The maximum atomic E-state index is 12.1. The van der Waals surface area contributed by atoms with E-state index in [1.165, 1.54) is 6.92 Å². The molecule has 0 saturated heterocycles. The van der Waals surface area contributed by atoms with Crippen LogP contribution in [0.15, 0.2) is 0 Å². The Morgan fingerprint density at radius 3 is 2.69 bits per heavy atom. The van der Waals surface area contributed by atoms with Crippen LogP contribution in [0.4, 0.5) is 0 Å². The lowest BCUT2D eigenvalue weighted by molar-refractivity contribution is -0.143. The summed E-state index contributed by atoms with van der Waals surface area (Å²) in [5.74, 6) is -0.442. The molecule has 2 aliphatic carbocycles. The minimum Gasteiger partial charge on any atom is -0.480 e. The van der Waals surface area contributed by atoms with Crippen LogP contribution in [-0.2, 0) is 9.59 Å². The number of hydrogen-bond acceptors (Lipinski definition) is 2. The Kier molecular flexibility index (Phi) is 2.99. The highest BCUT2D eigenvalue weighted by Gasteiger charge is 2.55. The summed E-state index contributed by atoms with van der Waals surface area (Å²) in [4.78, 5) is 23.1. The number of alkyl halides is 1. The summed E-state index contributed by atoms with van der Waals surface area (Å²) in [6.07, 6.45) is 3.92. The van der Waals surface area contributed by atoms with Gasteiger partial charge >= 0.3 is 5.97 Å². The lowest BCUT2D eigenvalue weighted by Gasteiger charge is -2.30. The smallest absolute Gasteiger partial charge is 0.325 e. The topological polar surface area (TPSA) is 66.4 Å². The van der Waals surface area contributed by atoms with Gasteiger partial charge < -0.3 is 10.4 Å². The van der Waals surface area contributed by atoms with Gasteiger partial charge in [0.2, 0.25) is 5.91 Å². The van der Waals surface area contributed by atoms with Gasteiger partial charge in [0.05, 0.1) is 5.41 Å². The summed E-state index contributed by atoms with van der Waals surface area (Å²) in [5, 5.41) is 11.4. The fourth-order valence-electron chi connectivity index (χ4n) is 2.94. The quantitative estimate of drug-likeness (QED) is 0.775. The van der Waals surface area contributed by atoms with Crippen molar-refractivity contribution >= 4 is 27.8 Å². The maximum Gasteiger partial charge on any atom is 0.325 e. The standard InChI is InChI=1S/C11H16BrNO3/c1-6(9(14)15)13-10(16)11-3-2-7(5-11)4-8(11)12/h6-8H,2-5H2,1H3,(H,13,16)(H,14,15)/t6-,7?,8?,11?/m1/s1. The summed E-state index contributed by atoms with van der Waals surface area (Å²) in [6, 6.07) is -0.804. The number of hydrogen-bond donors (Lipinski definition) is 2. The van der Waals surface area contributed by atoms with Crippen molar-refractivity contribution in [1.29, 1.82) is 0 Å². The van der Waals surface area contributed by atoms with E-state index in [1.54, 1.807) is 0 Å². The molecule has 4 atom stereocenters. The molecule has 0 spiro atoms. The molecule has 0 aromatic carbocycles. The van der Waals surface area contributed by atoms with E-state index in [1.807, 2.05) is 0 Å². The molecule has 0 aromatic heterocycles. The molecule has 2 saturated carbocycles. The number of amides is 1. The third-order valence-electron chi connectivity index (χ3n) is 3.96. The molecule has 5 heteroatoms. The van der Waals surface area contributed by atoms with Gasteiger partial charge in [-0.05, 0) is 38.5 Å². The van der Waals surface area contributed by atoms with Gasteiger partial charge in [-0.15, -0.1) is 0 Å². The Morgan fingerprint density at radius 1 is 1.56 bits per heavy atom. The molecule has 0 aliphatic heterocycles. The fourth-order valence-corrected chi connectivity index (χ4v) is 4.09. The van der Waals surface area contributed by atoms with Gasteiger partial charge in [-0.3, -0.25) is 9.59 Å². The minimum absolute atomic E-state index is 0.0933. The van der Waals surface area contributed by atoms with E-state index in [0.717, 1.165) is 25.7 Å². The van der Waals surface area contributed by atoms with Crippen LogP contribution in [0.3, 0.4) is 0 Å². The van der Waals surface area contributed by atoms with Crippen LogP contribution < -0.4 is 5.32 Å². The highest BCUT2D eigenvalue weighted by molar-refractivity contribution is 9.09. The van der Waals surface area contributed by atoms with Crippen molar-refractivity contribution in [3.63, 3.8) is 0 Å². The zero-order valence-corrected chi connectivity index (χ0v) is 10.8. The van der Waals surface area contributed by atoms with Crippen LogP contribution in [0.1, 0.15) is 32.6 Å². The number of halogens is 1. The monoisotopic (exact) mass is 289 g/mol. The van der Waals surface area contributed by atoms with Gasteiger partial charge in [0, 0.05) is 4.83 Å². The van der Waals surface area contributed by atoms with Crippen molar-refractivity contribution in [3.8, 4) is 0 Å². The Balaban J connectivity index is 2.07. The number of carboxylic acid groups (broad SMARTS) is 1. The van der Waals surface area contributed by atoms with Gasteiger partial charge in [-0.2, -0.15) is 0 Å². The van der Waals surface area contributed by atoms with Crippen molar-refractivity contribution in [1.82, 2.24) is 5.32 Å². The first kappa shape index (κ1) is 11.9. The Bertz CT molecular complexity index is 333. The van der Waals surface area contributed by atoms with Crippen LogP contribution in [0.5, 0.6) is 0 Å². The Hall–Kier alpha value is -0.580. The number of nitrogens with one attached hydrogen (secondary N) is 1. The number of carboxylic acids is 1. The van der Waals surface area contributed by atoms with E-state index >= 15 is 0 Å². The normalized spacial score (nSPS) is 38.4. The van der Waals surface area contributed by atoms with Crippen LogP contribution in [0.25, 0.3) is 0 Å². The van der Waals surface area contributed by atoms with E-state index in [0.29, 0.717) is 5.92 Å². The molecule has 0 aromatic rings. The zero-order valence-electron chi connectivity index (χ0n) is 9.20. The van der Waals surface area contributed by atoms with Gasteiger partial charge in [0.25, 0.3) is 0 Å². The molecule has 4 nitrogen and oxygen atoms in total.